The summed E-state index contributed by atoms with van der Waals surface area (Å²) in [4.78, 5) is 16.5. The first-order valence-corrected chi connectivity index (χ1v) is 15.2. The van der Waals surface area contributed by atoms with Crippen LogP contribution in [0.1, 0.15) is 67.2 Å². The third kappa shape index (κ3) is 4.18. The molecule has 3 aliphatic carbocycles. The van der Waals surface area contributed by atoms with E-state index in [1.165, 1.54) is 35.1 Å². The van der Waals surface area contributed by atoms with Crippen LogP contribution in [0.15, 0.2) is 78.9 Å². The summed E-state index contributed by atoms with van der Waals surface area (Å²) >= 11 is 0. The van der Waals surface area contributed by atoms with Crippen molar-refractivity contribution in [1.82, 2.24) is 4.90 Å². The van der Waals surface area contributed by atoms with Crippen LogP contribution in [0.25, 0.3) is 0 Å². The minimum atomic E-state index is -0.415. The lowest BCUT2D eigenvalue weighted by atomic mass is 9.53. The first kappa shape index (κ1) is 25.8. The van der Waals surface area contributed by atoms with Crippen molar-refractivity contribution in [3.05, 3.63) is 101 Å². The summed E-state index contributed by atoms with van der Waals surface area (Å²) in [5.74, 6) is 2.78. The first-order chi connectivity index (χ1) is 19.5. The topological polar surface area (TPSA) is 38.8 Å². The first-order valence-electron chi connectivity index (χ1n) is 15.2. The Morgan fingerprint density at radius 1 is 0.925 bits per heavy atom. The van der Waals surface area contributed by atoms with E-state index in [0.717, 1.165) is 44.5 Å². The van der Waals surface area contributed by atoms with Crippen LogP contribution < -0.4 is 4.74 Å². The Hall–Kier alpha value is -3.11. The molecule has 4 aliphatic rings. The van der Waals surface area contributed by atoms with Gasteiger partial charge in [0.1, 0.15) is 17.4 Å². The van der Waals surface area contributed by atoms with Crippen molar-refractivity contribution in [3.8, 4) is 5.75 Å². The second-order valence-corrected chi connectivity index (χ2v) is 13.0. The van der Waals surface area contributed by atoms with E-state index in [1.54, 1.807) is 7.11 Å². The third-order valence-electron chi connectivity index (χ3n) is 11.2. The minimum Gasteiger partial charge on any atom is -0.497 e. The molecule has 1 aliphatic heterocycles. The fourth-order valence-electron chi connectivity index (χ4n) is 9.12. The molecule has 0 bridgehead atoms. The van der Waals surface area contributed by atoms with E-state index in [0.29, 0.717) is 24.2 Å². The standard InChI is InChI=1S/C36H41NO3/c1-35-19-17-30-29-16-14-28(39-2)22-27(29)13-15-31(30)32(35)18-20-36(35)24-37(23-26-11-7-4-8-12-26)33(34(38)40-36)21-25-9-5-3-6-10-25/h3-12,14,16,22,30-33H,13,15,17-21,23-24H2,1-2H3/t30-,31-,32+,33+,35+,36-/m1/s1. The lowest BCUT2D eigenvalue weighted by molar-refractivity contribution is -0.209. The SMILES string of the molecule is COc1ccc2c(c1)CC[C@@H]1[C@@H]2CC[C@@]2(C)[C@H]1CC[C@@]21CN(Cc2ccccc2)[C@@H](Cc2ccccc2)C(=O)O1. The van der Waals surface area contributed by atoms with Gasteiger partial charge >= 0.3 is 5.97 Å². The summed E-state index contributed by atoms with van der Waals surface area (Å²) in [5.41, 5.74) is 5.04. The summed E-state index contributed by atoms with van der Waals surface area (Å²) < 4.78 is 12.3. The van der Waals surface area contributed by atoms with Crippen LogP contribution >= 0.6 is 0 Å². The molecule has 0 aromatic heterocycles. The van der Waals surface area contributed by atoms with Gasteiger partial charge in [-0.3, -0.25) is 9.69 Å². The van der Waals surface area contributed by atoms with E-state index in [4.69, 9.17) is 9.47 Å². The number of carbonyl (C=O) groups is 1. The molecule has 7 rings (SSSR count). The smallest absolute Gasteiger partial charge is 0.324 e. The van der Waals surface area contributed by atoms with E-state index in [1.807, 2.05) is 6.07 Å². The Bertz CT molecular complexity index is 1370. The normalized spacial score (nSPS) is 33.1. The predicted octanol–water partition coefficient (Wildman–Crippen LogP) is 6.96. The van der Waals surface area contributed by atoms with Gasteiger partial charge in [0.25, 0.3) is 0 Å². The quantitative estimate of drug-likeness (QED) is 0.331. The van der Waals surface area contributed by atoms with Gasteiger partial charge < -0.3 is 9.47 Å². The molecule has 6 atom stereocenters. The average molecular weight is 536 g/mol. The summed E-state index contributed by atoms with van der Waals surface area (Å²) in [6.07, 6.45) is 7.43. The molecule has 3 aromatic carbocycles. The second kappa shape index (κ2) is 10.1. The molecule has 0 radical (unpaired) electrons. The van der Waals surface area contributed by atoms with Gasteiger partial charge in [-0.2, -0.15) is 0 Å². The molecule has 208 valence electrons. The molecule has 2 saturated carbocycles. The highest BCUT2D eigenvalue weighted by Crippen LogP contribution is 2.66. The van der Waals surface area contributed by atoms with Crippen molar-refractivity contribution in [2.75, 3.05) is 13.7 Å². The molecule has 0 N–H and O–H groups in total. The number of hydrogen-bond donors (Lipinski definition) is 0. The fraction of sp³-hybridized carbons (Fsp3) is 0.472. The van der Waals surface area contributed by atoms with Crippen LogP contribution in [0.5, 0.6) is 5.75 Å². The van der Waals surface area contributed by atoms with Crippen molar-refractivity contribution in [2.24, 2.45) is 17.3 Å². The zero-order valence-electron chi connectivity index (χ0n) is 23.9. The van der Waals surface area contributed by atoms with Crippen LogP contribution in [0, 0.1) is 17.3 Å². The third-order valence-corrected chi connectivity index (χ3v) is 11.2. The molecule has 4 nitrogen and oxygen atoms in total. The van der Waals surface area contributed by atoms with E-state index in [-0.39, 0.29) is 17.4 Å². The van der Waals surface area contributed by atoms with Crippen molar-refractivity contribution < 1.29 is 14.3 Å². The maximum absolute atomic E-state index is 14.0. The van der Waals surface area contributed by atoms with Crippen molar-refractivity contribution in [2.45, 2.75) is 76.0 Å². The molecule has 0 unspecified atom stereocenters. The van der Waals surface area contributed by atoms with Crippen LogP contribution in [-0.2, 0) is 28.9 Å². The maximum Gasteiger partial charge on any atom is 0.324 e. The largest absolute Gasteiger partial charge is 0.497 e. The molecule has 3 aromatic rings. The molecule has 1 spiro atoms. The van der Waals surface area contributed by atoms with Gasteiger partial charge in [-0.05, 0) is 97.1 Å². The van der Waals surface area contributed by atoms with E-state index in [9.17, 15) is 4.79 Å². The number of benzene rings is 3. The number of morpholine rings is 1. The monoisotopic (exact) mass is 535 g/mol. The zero-order valence-corrected chi connectivity index (χ0v) is 23.9. The van der Waals surface area contributed by atoms with Crippen molar-refractivity contribution in [3.63, 3.8) is 0 Å². The zero-order chi connectivity index (χ0) is 27.3. The van der Waals surface area contributed by atoms with Crippen molar-refractivity contribution >= 4 is 5.97 Å². The molecule has 3 fully saturated rings. The molecular weight excluding hydrogens is 494 g/mol. The summed E-state index contributed by atoms with van der Waals surface area (Å²) in [6.45, 7) is 4.07. The van der Waals surface area contributed by atoms with Gasteiger partial charge in [-0.1, -0.05) is 73.7 Å². The van der Waals surface area contributed by atoms with E-state index in [2.05, 4.69) is 84.6 Å². The molecular formula is C36H41NO3. The number of ether oxygens (including phenoxy) is 2. The van der Waals surface area contributed by atoms with Gasteiger partial charge in [0.2, 0.25) is 0 Å². The number of esters is 1. The Balaban J connectivity index is 1.19. The lowest BCUT2D eigenvalue weighted by Crippen LogP contribution is -2.65. The van der Waals surface area contributed by atoms with Gasteiger partial charge in [0, 0.05) is 18.5 Å². The van der Waals surface area contributed by atoms with Crippen LogP contribution in [0.3, 0.4) is 0 Å². The second-order valence-electron chi connectivity index (χ2n) is 13.0. The Kier molecular flexibility index (Phi) is 6.50. The van der Waals surface area contributed by atoms with Crippen LogP contribution in [0.2, 0.25) is 0 Å². The predicted molar refractivity (Wildman–Crippen MR) is 157 cm³/mol. The molecule has 40 heavy (non-hydrogen) atoms. The summed E-state index contributed by atoms with van der Waals surface area (Å²) in [6, 6.07) is 27.5. The van der Waals surface area contributed by atoms with Gasteiger partial charge in [0.05, 0.1) is 7.11 Å². The Morgan fingerprint density at radius 2 is 1.68 bits per heavy atom. The maximum atomic E-state index is 14.0. The summed E-state index contributed by atoms with van der Waals surface area (Å²) in [7, 11) is 1.76. The number of aryl methyl sites for hydroxylation is 1. The van der Waals surface area contributed by atoms with Gasteiger partial charge in [0.15, 0.2) is 0 Å². The van der Waals surface area contributed by atoms with Gasteiger partial charge in [-0.25, -0.2) is 0 Å². The number of rotatable bonds is 5. The lowest BCUT2D eigenvalue weighted by Gasteiger charge is -2.57. The van der Waals surface area contributed by atoms with E-state index >= 15 is 0 Å². The number of fused-ring (bicyclic) bond motifs is 6. The molecule has 1 heterocycles. The van der Waals surface area contributed by atoms with Crippen LogP contribution in [-0.4, -0.2) is 36.2 Å². The van der Waals surface area contributed by atoms with Crippen LogP contribution in [0.4, 0.5) is 0 Å². The Morgan fingerprint density at radius 3 is 2.42 bits per heavy atom. The van der Waals surface area contributed by atoms with E-state index < -0.39 is 5.60 Å². The van der Waals surface area contributed by atoms with Gasteiger partial charge in [-0.15, -0.1) is 0 Å². The number of hydrogen-bond acceptors (Lipinski definition) is 4. The highest BCUT2D eigenvalue weighted by Gasteiger charge is 2.66. The van der Waals surface area contributed by atoms with Crippen molar-refractivity contribution in [1.29, 1.82) is 0 Å². The number of methoxy groups -OCH3 is 1. The highest BCUT2D eigenvalue weighted by atomic mass is 16.6. The summed E-state index contributed by atoms with van der Waals surface area (Å²) in [5, 5.41) is 0. The minimum absolute atomic E-state index is 0.000452. The molecule has 0 amide bonds. The highest BCUT2D eigenvalue weighted by molar-refractivity contribution is 5.78. The fourth-order valence-corrected chi connectivity index (χ4v) is 9.12. The molecule has 1 saturated heterocycles. The molecule has 4 heteroatoms. The Labute approximate surface area is 238 Å². The number of carbonyl (C=O) groups excluding carboxylic acids is 1. The average Bonchev–Trinajstić information content (AvgIpc) is 3.26. The number of nitrogens with zero attached hydrogens (tertiary/aromatic N) is 1.